The van der Waals surface area contributed by atoms with E-state index in [1.807, 2.05) is 30.3 Å². The maximum atomic E-state index is 11.2. The second kappa shape index (κ2) is 6.68. The van der Waals surface area contributed by atoms with Gasteiger partial charge in [-0.25, -0.2) is 10.4 Å². The normalized spacial score (nSPS) is 11.8. The van der Waals surface area contributed by atoms with Crippen LogP contribution in [0.2, 0.25) is 0 Å². The summed E-state index contributed by atoms with van der Waals surface area (Å²) in [5.41, 5.74) is 3.97. The van der Waals surface area contributed by atoms with Crippen molar-refractivity contribution in [1.29, 1.82) is 0 Å². The van der Waals surface area contributed by atoms with Crippen molar-refractivity contribution in [1.82, 2.24) is 9.97 Å². The summed E-state index contributed by atoms with van der Waals surface area (Å²) in [6, 6.07) is 11.0. The lowest BCUT2D eigenvalue weighted by molar-refractivity contribution is 1.04. The number of hydrogen-bond acceptors (Lipinski definition) is 4. The van der Waals surface area contributed by atoms with Crippen molar-refractivity contribution in [2.75, 3.05) is 5.43 Å². The van der Waals surface area contributed by atoms with Crippen molar-refractivity contribution in [3.63, 3.8) is 0 Å². The number of H-pyrrole nitrogens is 1. The molecule has 0 unspecified atom stereocenters. The Bertz CT molecular complexity index is 692. The SMILES string of the molecule is Cc1cc(=O)[nH]c(N/N=C\C(Cl)=C\c2ccccc2)n1. The molecule has 0 aliphatic carbocycles. The van der Waals surface area contributed by atoms with E-state index in [4.69, 9.17) is 11.6 Å². The zero-order valence-electron chi connectivity index (χ0n) is 10.8. The molecule has 2 aromatic rings. The molecule has 0 fully saturated rings. The van der Waals surface area contributed by atoms with Crippen LogP contribution in [0, 0.1) is 6.92 Å². The van der Waals surface area contributed by atoms with Gasteiger partial charge in [-0.1, -0.05) is 41.9 Å². The summed E-state index contributed by atoms with van der Waals surface area (Å²) in [5, 5.41) is 4.37. The van der Waals surface area contributed by atoms with Crippen molar-refractivity contribution in [2.24, 2.45) is 5.10 Å². The van der Waals surface area contributed by atoms with Crippen molar-refractivity contribution in [3.05, 3.63) is 63.0 Å². The maximum Gasteiger partial charge on any atom is 0.252 e. The van der Waals surface area contributed by atoms with Gasteiger partial charge in [0.1, 0.15) is 0 Å². The first-order chi connectivity index (χ1) is 9.63. The lowest BCUT2D eigenvalue weighted by Gasteiger charge is -1.99. The number of benzene rings is 1. The summed E-state index contributed by atoms with van der Waals surface area (Å²) in [5.74, 6) is 0.274. The standard InChI is InChI=1S/C14H13ClN4O/c1-10-7-13(20)18-14(17-10)19-16-9-12(15)8-11-5-3-2-4-6-11/h2-9H,1H3,(H2,17,18,19,20)/b12-8-,16-9-. The number of nitrogens with one attached hydrogen (secondary N) is 2. The minimum atomic E-state index is -0.235. The zero-order valence-corrected chi connectivity index (χ0v) is 11.6. The van der Waals surface area contributed by atoms with Crippen molar-refractivity contribution >= 4 is 29.8 Å². The van der Waals surface area contributed by atoms with Crippen LogP contribution >= 0.6 is 11.6 Å². The fraction of sp³-hybridized carbons (Fsp3) is 0.0714. The molecule has 5 nitrogen and oxygen atoms in total. The molecule has 0 atom stereocenters. The highest BCUT2D eigenvalue weighted by atomic mass is 35.5. The van der Waals surface area contributed by atoms with E-state index in [-0.39, 0.29) is 11.5 Å². The largest absolute Gasteiger partial charge is 0.291 e. The molecule has 0 radical (unpaired) electrons. The van der Waals surface area contributed by atoms with E-state index in [1.54, 1.807) is 13.0 Å². The summed E-state index contributed by atoms with van der Waals surface area (Å²) < 4.78 is 0. The minimum Gasteiger partial charge on any atom is -0.291 e. The highest BCUT2D eigenvalue weighted by molar-refractivity contribution is 6.41. The van der Waals surface area contributed by atoms with Gasteiger partial charge in [-0.3, -0.25) is 9.78 Å². The number of halogens is 1. The van der Waals surface area contributed by atoms with Gasteiger partial charge >= 0.3 is 0 Å². The van der Waals surface area contributed by atoms with Gasteiger partial charge < -0.3 is 0 Å². The molecule has 0 spiro atoms. The number of hydrazone groups is 1. The van der Waals surface area contributed by atoms with Gasteiger partial charge in [0.05, 0.1) is 11.2 Å². The third-order valence-corrected chi connectivity index (χ3v) is 2.54. The first-order valence-electron chi connectivity index (χ1n) is 5.93. The van der Waals surface area contributed by atoms with Crippen LogP contribution in [0.5, 0.6) is 0 Å². The van der Waals surface area contributed by atoms with Crippen molar-refractivity contribution in [3.8, 4) is 0 Å². The minimum absolute atomic E-state index is 0.235. The highest BCUT2D eigenvalue weighted by Gasteiger charge is 1.95. The van der Waals surface area contributed by atoms with Gasteiger partial charge in [-0.05, 0) is 18.6 Å². The molecule has 1 aromatic heterocycles. The number of rotatable bonds is 4. The highest BCUT2D eigenvalue weighted by Crippen LogP contribution is 2.08. The Labute approximate surface area is 121 Å². The van der Waals surface area contributed by atoms with Crippen LogP contribution in [0.3, 0.4) is 0 Å². The number of hydrogen-bond donors (Lipinski definition) is 2. The zero-order chi connectivity index (χ0) is 14.4. The molecule has 2 N–H and O–H groups in total. The second-order valence-corrected chi connectivity index (χ2v) is 4.48. The van der Waals surface area contributed by atoms with Gasteiger partial charge in [0.15, 0.2) is 0 Å². The third kappa shape index (κ3) is 4.37. The van der Waals surface area contributed by atoms with E-state index < -0.39 is 0 Å². The Kier molecular flexibility index (Phi) is 4.68. The summed E-state index contributed by atoms with van der Waals surface area (Å²) in [7, 11) is 0. The fourth-order valence-electron chi connectivity index (χ4n) is 1.53. The summed E-state index contributed by atoms with van der Waals surface area (Å²) in [4.78, 5) is 17.8. The molecule has 0 aliphatic rings. The molecule has 2 rings (SSSR count). The lowest BCUT2D eigenvalue weighted by atomic mass is 10.2. The molecule has 20 heavy (non-hydrogen) atoms. The van der Waals surface area contributed by atoms with E-state index in [2.05, 4.69) is 20.5 Å². The molecule has 1 heterocycles. The Morgan fingerprint density at radius 2 is 2.15 bits per heavy atom. The van der Waals surface area contributed by atoms with E-state index in [0.29, 0.717) is 10.7 Å². The molecule has 1 aromatic carbocycles. The number of allylic oxidation sites excluding steroid dienone is 1. The van der Waals surface area contributed by atoms with Gasteiger partial charge in [0, 0.05) is 11.8 Å². The van der Waals surface area contributed by atoms with E-state index in [0.717, 1.165) is 5.56 Å². The molecular formula is C14H13ClN4O. The fourth-order valence-corrected chi connectivity index (χ4v) is 1.71. The van der Waals surface area contributed by atoms with Gasteiger partial charge in [-0.2, -0.15) is 5.10 Å². The predicted octanol–water partition coefficient (Wildman–Crippen LogP) is 2.76. The lowest BCUT2D eigenvalue weighted by Crippen LogP contribution is -2.10. The second-order valence-electron chi connectivity index (χ2n) is 4.05. The summed E-state index contributed by atoms with van der Waals surface area (Å²) >= 11 is 6.02. The van der Waals surface area contributed by atoms with Crippen LogP contribution in [0.1, 0.15) is 11.3 Å². The van der Waals surface area contributed by atoms with Gasteiger partial charge in [0.25, 0.3) is 5.56 Å². The number of nitrogens with zero attached hydrogens (tertiary/aromatic N) is 2. The monoisotopic (exact) mass is 288 g/mol. The Hall–Kier alpha value is -2.40. The first-order valence-corrected chi connectivity index (χ1v) is 6.30. The average molecular weight is 289 g/mol. The van der Waals surface area contributed by atoms with E-state index >= 15 is 0 Å². The number of aromatic amines is 1. The van der Waals surface area contributed by atoms with Crippen molar-refractivity contribution in [2.45, 2.75) is 6.92 Å². The molecule has 102 valence electrons. The summed E-state index contributed by atoms with van der Waals surface area (Å²) in [6.07, 6.45) is 3.22. The van der Waals surface area contributed by atoms with E-state index in [1.165, 1.54) is 12.3 Å². The molecule has 0 saturated heterocycles. The molecule has 6 heteroatoms. The van der Waals surface area contributed by atoms with Gasteiger partial charge in [-0.15, -0.1) is 0 Å². The number of anilines is 1. The van der Waals surface area contributed by atoms with Gasteiger partial charge in [0.2, 0.25) is 5.95 Å². The summed E-state index contributed by atoms with van der Waals surface area (Å²) in [6.45, 7) is 1.73. The molecule has 0 saturated carbocycles. The van der Waals surface area contributed by atoms with Crippen LogP contribution in [-0.4, -0.2) is 16.2 Å². The Balaban J connectivity index is 2.03. The third-order valence-electron chi connectivity index (χ3n) is 2.33. The topological polar surface area (TPSA) is 70.1 Å². The van der Waals surface area contributed by atoms with Crippen LogP contribution in [0.4, 0.5) is 5.95 Å². The predicted molar refractivity (Wildman–Crippen MR) is 82.0 cm³/mol. The first kappa shape index (κ1) is 14.0. The van der Waals surface area contributed by atoms with Crippen molar-refractivity contribution < 1.29 is 0 Å². The molecule has 0 amide bonds. The number of aryl methyl sites for hydroxylation is 1. The maximum absolute atomic E-state index is 11.2. The Morgan fingerprint density at radius 1 is 1.40 bits per heavy atom. The average Bonchev–Trinajstić information content (AvgIpc) is 2.38. The van der Waals surface area contributed by atoms with Crippen LogP contribution < -0.4 is 11.0 Å². The molecular weight excluding hydrogens is 276 g/mol. The van der Waals surface area contributed by atoms with Crippen LogP contribution in [-0.2, 0) is 0 Å². The van der Waals surface area contributed by atoms with Crippen LogP contribution in [0.25, 0.3) is 6.08 Å². The Morgan fingerprint density at radius 3 is 2.85 bits per heavy atom. The molecule has 0 bridgehead atoms. The quantitative estimate of drug-likeness (QED) is 0.671. The van der Waals surface area contributed by atoms with Crippen LogP contribution in [0.15, 0.2) is 51.3 Å². The van der Waals surface area contributed by atoms with E-state index in [9.17, 15) is 4.79 Å². The molecule has 0 aliphatic heterocycles. The number of aromatic nitrogens is 2. The smallest absolute Gasteiger partial charge is 0.252 e.